The van der Waals surface area contributed by atoms with Crippen molar-refractivity contribution in [2.75, 3.05) is 0 Å². The molecule has 1 nitrogen and oxygen atoms in total. The summed E-state index contributed by atoms with van der Waals surface area (Å²) < 4.78 is 156. The van der Waals surface area contributed by atoms with Crippen molar-refractivity contribution >= 4 is 29.6 Å². The minimum Gasteiger partial charge on any atom is -0.331 e. The predicted molar refractivity (Wildman–Crippen MR) is 38.8 cm³/mol. The van der Waals surface area contributed by atoms with E-state index in [0.29, 0.717) is 0 Å². The first kappa shape index (κ1) is 23.3. The Hall–Kier alpha value is 0.0500. The van der Waals surface area contributed by atoms with Crippen LogP contribution in [0.4, 0.5) is 57.1 Å². The quantitative estimate of drug-likeness (QED) is 0.604. The minimum atomic E-state index is -7.96. The number of rotatable bonds is 4. The van der Waals surface area contributed by atoms with E-state index in [2.05, 4.69) is 0 Å². The molecule has 0 aliphatic heterocycles. The van der Waals surface area contributed by atoms with Crippen molar-refractivity contribution < 1.29 is 62.2 Å². The van der Waals surface area contributed by atoms with Crippen LogP contribution in [0, 0.1) is 0 Å². The molecule has 0 aliphatic rings. The molecule has 0 aromatic rings. The van der Waals surface area contributed by atoms with Gasteiger partial charge in [-0.25, -0.2) is 0 Å². The summed E-state index contributed by atoms with van der Waals surface area (Å²) in [5, 5.41) is 7.29. The Bertz CT molecular complexity index is 330. The van der Waals surface area contributed by atoms with Gasteiger partial charge in [-0.3, -0.25) is 0 Å². The predicted octanol–water partition coefficient (Wildman–Crippen LogP) is 3.29. The Morgan fingerprint density at radius 3 is 0.857 bits per heavy atom. The minimum absolute atomic E-state index is 0. The van der Waals surface area contributed by atoms with E-state index in [1.807, 2.05) is 0 Å². The van der Waals surface area contributed by atoms with Crippen molar-refractivity contribution in [1.29, 1.82) is 0 Å². The Kier molecular flexibility index (Phi) is 6.22. The van der Waals surface area contributed by atoms with E-state index in [9.17, 15) is 57.1 Å². The molecular formula is C6HF13NaO. The molecule has 0 aromatic carbocycles. The first-order valence-corrected chi connectivity index (χ1v) is 3.93. The topological polar surface area (TPSA) is 20.2 Å². The average Bonchev–Trinajstić information content (AvgIpc) is 2.12. The second kappa shape index (κ2) is 5.60. The molecule has 0 bridgehead atoms. The molecule has 0 heterocycles. The number of hydrogen-bond donors (Lipinski definition) is 1. The number of alkyl halides is 13. The molecule has 123 valence electrons. The first-order chi connectivity index (χ1) is 8.25. The fourth-order valence-corrected chi connectivity index (χ4v) is 0.761. The van der Waals surface area contributed by atoms with Gasteiger partial charge in [-0.2, -0.15) is 57.1 Å². The zero-order valence-electron chi connectivity index (χ0n) is 9.36. The van der Waals surface area contributed by atoms with Crippen LogP contribution in [-0.2, 0) is 0 Å². The maximum atomic E-state index is 12.4. The third kappa shape index (κ3) is 3.22. The van der Waals surface area contributed by atoms with E-state index in [1.54, 1.807) is 0 Å². The van der Waals surface area contributed by atoms with Crippen molar-refractivity contribution in [1.82, 2.24) is 0 Å². The van der Waals surface area contributed by atoms with E-state index >= 15 is 0 Å². The molecule has 0 rings (SSSR count). The van der Waals surface area contributed by atoms with Crippen LogP contribution >= 0.6 is 0 Å². The second-order valence-electron chi connectivity index (χ2n) is 3.34. The average molecular weight is 359 g/mol. The molecule has 0 fully saturated rings. The molecule has 0 unspecified atom stereocenters. The Morgan fingerprint density at radius 1 is 0.429 bits per heavy atom. The first-order valence-electron chi connectivity index (χ1n) is 3.93. The molecule has 0 spiro atoms. The third-order valence-electron chi connectivity index (χ3n) is 1.92. The largest absolute Gasteiger partial charge is 0.460 e. The summed E-state index contributed by atoms with van der Waals surface area (Å²) in [4.78, 5) is 0. The standard InChI is InChI=1S/C6HF13O.Na/c7-1(8,3(11,12)5(15,16)17)2(9,10)4(13,14)6(18,19)20;/h20H;. The Morgan fingerprint density at radius 2 is 0.667 bits per heavy atom. The molecule has 1 radical (unpaired) electrons. The summed E-state index contributed by atoms with van der Waals surface area (Å²) in [5.74, 6) is -31.2. The van der Waals surface area contributed by atoms with Crippen LogP contribution in [-0.4, -0.2) is 70.6 Å². The molecule has 1 N–H and O–H groups in total. The van der Waals surface area contributed by atoms with Gasteiger partial charge in [0.25, 0.3) is 0 Å². The number of aliphatic hydroxyl groups is 1. The van der Waals surface area contributed by atoms with Crippen molar-refractivity contribution in [2.45, 2.75) is 36.0 Å². The van der Waals surface area contributed by atoms with Crippen molar-refractivity contribution in [3.8, 4) is 0 Å². The molecular weight excluding hydrogens is 358 g/mol. The molecule has 0 aliphatic carbocycles. The van der Waals surface area contributed by atoms with E-state index in [-0.39, 0.29) is 29.6 Å². The third-order valence-corrected chi connectivity index (χ3v) is 1.92. The summed E-state index contributed by atoms with van der Waals surface area (Å²) in [6.07, 6.45) is -14.4. The molecule has 15 heteroatoms. The summed E-state index contributed by atoms with van der Waals surface area (Å²) in [5.41, 5.74) is 0. The zero-order chi connectivity index (χ0) is 17.0. The fourth-order valence-electron chi connectivity index (χ4n) is 0.761. The van der Waals surface area contributed by atoms with E-state index in [1.165, 1.54) is 0 Å². The number of halogens is 13. The Labute approximate surface area is 128 Å². The molecule has 0 saturated carbocycles. The summed E-state index contributed by atoms with van der Waals surface area (Å²) in [6.45, 7) is 0. The van der Waals surface area contributed by atoms with Gasteiger partial charge in [-0.15, -0.1) is 0 Å². The van der Waals surface area contributed by atoms with Gasteiger partial charge in [0.1, 0.15) is 0 Å². The van der Waals surface area contributed by atoms with Gasteiger partial charge < -0.3 is 5.11 Å². The summed E-state index contributed by atoms with van der Waals surface area (Å²) >= 11 is 0. The van der Waals surface area contributed by atoms with Crippen LogP contribution in [0.1, 0.15) is 0 Å². The van der Waals surface area contributed by atoms with Gasteiger partial charge >= 0.3 is 36.0 Å². The number of hydrogen-bond acceptors (Lipinski definition) is 1. The smallest absolute Gasteiger partial charge is 0.331 e. The van der Waals surface area contributed by atoms with Crippen LogP contribution in [0.3, 0.4) is 0 Å². The van der Waals surface area contributed by atoms with Gasteiger partial charge in [0.05, 0.1) is 0 Å². The molecule has 0 aromatic heterocycles. The van der Waals surface area contributed by atoms with Gasteiger partial charge in [0.2, 0.25) is 0 Å². The van der Waals surface area contributed by atoms with Gasteiger partial charge in [0, 0.05) is 29.6 Å². The second-order valence-corrected chi connectivity index (χ2v) is 3.34. The van der Waals surface area contributed by atoms with E-state index < -0.39 is 36.0 Å². The van der Waals surface area contributed by atoms with Crippen LogP contribution in [0.15, 0.2) is 0 Å². The van der Waals surface area contributed by atoms with Crippen molar-refractivity contribution in [3.63, 3.8) is 0 Å². The van der Waals surface area contributed by atoms with Crippen molar-refractivity contribution in [2.24, 2.45) is 0 Å². The summed E-state index contributed by atoms with van der Waals surface area (Å²) in [6, 6.07) is 0. The normalized spacial score (nSPS) is 15.7. The van der Waals surface area contributed by atoms with Crippen molar-refractivity contribution in [3.05, 3.63) is 0 Å². The SMILES string of the molecule is OC(F)(F)C(F)(F)C(F)(F)C(F)(F)C(F)(F)C(F)(F)F.[Na]. The van der Waals surface area contributed by atoms with Crippen LogP contribution < -0.4 is 0 Å². The fraction of sp³-hybridized carbons (Fsp3) is 1.00. The maximum Gasteiger partial charge on any atom is 0.460 e. The zero-order valence-corrected chi connectivity index (χ0v) is 11.4. The summed E-state index contributed by atoms with van der Waals surface area (Å²) in [7, 11) is 0. The van der Waals surface area contributed by atoms with Crippen LogP contribution in [0.2, 0.25) is 0 Å². The van der Waals surface area contributed by atoms with E-state index in [0.717, 1.165) is 0 Å². The molecule has 0 saturated heterocycles. The van der Waals surface area contributed by atoms with Crippen LogP contribution in [0.25, 0.3) is 0 Å². The Balaban J connectivity index is 0. The molecule has 21 heavy (non-hydrogen) atoms. The van der Waals surface area contributed by atoms with Gasteiger partial charge in [-0.1, -0.05) is 0 Å². The monoisotopic (exact) mass is 359 g/mol. The molecule has 0 atom stereocenters. The van der Waals surface area contributed by atoms with Gasteiger partial charge in [0.15, 0.2) is 0 Å². The van der Waals surface area contributed by atoms with Gasteiger partial charge in [-0.05, 0) is 0 Å². The molecule has 0 amide bonds. The maximum absolute atomic E-state index is 12.4. The van der Waals surface area contributed by atoms with Crippen LogP contribution in [0.5, 0.6) is 0 Å². The van der Waals surface area contributed by atoms with E-state index in [4.69, 9.17) is 5.11 Å².